The molecule has 1 rings (SSSR count). The molecule has 0 bridgehead atoms. The molecule has 0 aromatic carbocycles. The molecule has 0 saturated carbocycles. The lowest BCUT2D eigenvalue weighted by molar-refractivity contribution is -0.144. The van der Waals surface area contributed by atoms with Gasteiger partial charge in [0.1, 0.15) is 0 Å². The topological polar surface area (TPSA) is 92.7 Å². The fraction of sp³-hybridized carbons (Fsp3) is 0.889. The zero-order valence-electron chi connectivity index (χ0n) is 9.86. The van der Waals surface area contributed by atoms with E-state index in [9.17, 15) is 26.4 Å². The summed E-state index contributed by atoms with van der Waals surface area (Å²) in [5, 5.41) is 8.99. The molecule has 0 aromatic rings. The molecule has 1 aliphatic heterocycles. The van der Waals surface area contributed by atoms with Gasteiger partial charge in [-0.05, 0) is 6.42 Å². The first-order valence-electron chi connectivity index (χ1n) is 5.46. The second kappa shape index (κ2) is 5.63. The first-order valence-corrected chi connectivity index (χ1v) is 7.11. The van der Waals surface area contributed by atoms with E-state index in [1.807, 2.05) is 4.72 Å². The van der Waals surface area contributed by atoms with Crippen molar-refractivity contribution < 1.29 is 36.2 Å². The van der Waals surface area contributed by atoms with Gasteiger partial charge in [0.25, 0.3) is 0 Å². The van der Waals surface area contributed by atoms with Gasteiger partial charge in [0.2, 0.25) is 10.0 Å². The zero-order valence-corrected chi connectivity index (χ0v) is 10.7. The molecule has 1 fully saturated rings. The summed E-state index contributed by atoms with van der Waals surface area (Å²) in [4.78, 5) is 11.0. The summed E-state index contributed by atoms with van der Waals surface area (Å²) in [6, 6.07) is 0. The van der Waals surface area contributed by atoms with Crippen LogP contribution in [-0.4, -0.2) is 50.2 Å². The largest absolute Gasteiger partial charge is 0.480 e. The quantitative estimate of drug-likeness (QED) is 0.745. The molecule has 19 heavy (non-hydrogen) atoms. The average molecular weight is 305 g/mol. The third-order valence-corrected chi connectivity index (χ3v) is 4.18. The Morgan fingerprint density at radius 2 is 2.05 bits per heavy atom. The summed E-state index contributed by atoms with van der Waals surface area (Å²) in [5.74, 6) is -2.17. The summed E-state index contributed by atoms with van der Waals surface area (Å²) in [6.45, 7) is -0.252. The van der Waals surface area contributed by atoms with Crippen molar-refractivity contribution >= 4 is 16.0 Å². The number of rotatable bonds is 6. The van der Waals surface area contributed by atoms with Gasteiger partial charge in [-0.2, -0.15) is 17.9 Å². The van der Waals surface area contributed by atoms with Crippen LogP contribution in [0.4, 0.5) is 13.2 Å². The van der Waals surface area contributed by atoms with E-state index >= 15 is 0 Å². The fourth-order valence-electron chi connectivity index (χ4n) is 1.67. The van der Waals surface area contributed by atoms with Crippen LogP contribution in [0.3, 0.4) is 0 Å². The Labute approximate surface area is 108 Å². The number of hydrogen-bond acceptors (Lipinski definition) is 4. The molecule has 6 nitrogen and oxygen atoms in total. The summed E-state index contributed by atoms with van der Waals surface area (Å²) < 4.78 is 65.7. The van der Waals surface area contributed by atoms with E-state index in [1.54, 1.807) is 0 Å². The lowest BCUT2D eigenvalue weighted by atomic mass is 10.0. The standard InChI is InChI=1S/C9H14F3NO5S/c10-9(11,12)2-1-5-19(16,17)13-8(7(14)15)3-4-18-6-8/h13H,1-6H2,(H,14,15). The molecule has 1 heterocycles. The highest BCUT2D eigenvalue weighted by Crippen LogP contribution is 2.23. The maximum absolute atomic E-state index is 11.9. The van der Waals surface area contributed by atoms with Crippen LogP contribution in [0.25, 0.3) is 0 Å². The molecule has 1 atom stereocenters. The Balaban J connectivity index is 2.61. The molecule has 0 amide bonds. The van der Waals surface area contributed by atoms with Gasteiger partial charge in [-0.1, -0.05) is 0 Å². The number of halogens is 3. The monoisotopic (exact) mass is 305 g/mol. The highest BCUT2D eigenvalue weighted by molar-refractivity contribution is 7.89. The van der Waals surface area contributed by atoms with E-state index in [2.05, 4.69) is 0 Å². The third kappa shape index (κ3) is 4.96. The molecular weight excluding hydrogens is 291 g/mol. The van der Waals surface area contributed by atoms with Crippen molar-refractivity contribution in [1.82, 2.24) is 4.72 Å². The number of carboxylic acid groups (broad SMARTS) is 1. The summed E-state index contributed by atoms with van der Waals surface area (Å²) in [6.07, 6.45) is -6.34. The third-order valence-electron chi connectivity index (χ3n) is 2.66. The van der Waals surface area contributed by atoms with Crippen molar-refractivity contribution in [1.29, 1.82) is 0 Å². The molecule has 1 saturated heterocycles. The van der Waals surface area contributed by atoms with Crippen LogP contribution in [-0.2, 0) is 19.6 Å². The highest BCUT2D eigenvalue weighted by Gasteiger charge is 2.45. The predicted octanol–water partition coefficient (Wildman–Crippen LogP) is 0.492. The Kier molecular flexibility index (Phi) is 4.80. The molecule has 1 unspecified atom stereocenters. The first kappa shape index (κ1) is 16.2. The summed E-state index contributed by atoms with van der Waals surface area (Å²) in [7, 11) is -4.10. The Morgan fingerprint density at radius 3 is 2.47 bits per heavy atom. The van der Waals surface area contributed by atoms with E-state index in [0.29, 0.717) is 0 Å². The molecule has 0 spiro atoms. The van der Waals surface area contributed by atoms with Crippen LogP contribution in [0.1, 0.15) is 19.3 Å². The lowest BCUT2D eigenvalue weighted by Crippen LogP contribution is -2.55. The van der Waals surface area contributed by atoms with Gasteiger partial charge in [0.05, 0.1) is 12.4 Å². The van der Waals surface area contributed by atoms with Gasteiger partial charge in [-0.25, -0.2) is 8.42 Å². The Hall–Kier alpha value is -0.870. The molecular formula is C9H14F3NO5S. The molecule has 10 heteroatoms. The maximum atomic E-state index is 11.9. The first-order chi connectivity index (χ1) is 8.56. The number of sulfonamides is 1. The lowest BCUT2D eigenvalue weighted by Gasteiger charge is -2.23. The molecule has 112 valence electrons. The number of carboxylic acids is 1. The SMILES string of the molecule is O=C(O)C1(NS(=O)(=O)CCCC(F)(F)F)CCOC1. The van der Waals surface area contributed by atoms with Crippen LogP contribution in [0.5, 0.6) is 0 Å². The van der Waals surface area contributed by atoms with Crippen LogP contribution >= 0.6 is 0 Å². The van der Waals surface area contributed by atoms with E-state index in [-0.39, 0.29) is 19.6 Å². The summed E-state index contributed by atoms with van der Waals surface area (Å²) >= 11 is 0. The number of nitrogens with one attached hydrogen (secondary N) is 1. The van der Waals surface area contributed by atoms with Gasteiger partial charge >= 0.3 is 12.1 Å². The number of hydrogen-bond donors (Lipinski definition) is 2. The molecule has 1 aliphatic rings. The van der Waals surface area contributed by atoms with Crippen LogP contribution in [0.2, 0.25) is 0 Å². The average Bonchev–Trinajstić information content (AvgIpc) is 2.63. The number of alkyl halides is 3. The van der Waals surface area contributed by atoms with E-state index in [0.717, 1.165) is 0 Å². The fourth-order valence-corrected chi connectivity index (χ4v) is 3.14. The van der Waals surface area contributed by atoms with Gasteiger partial charge in [-0.3, -0.25) is 4.79 Å². The predicted molar refractivity (Wildman–Crippen MR) is 58.0 cm³/mol. The van der Waals surface area contributed by atoms with Gasteiger partial charge in [-0.15, -0.1) is 0 Å². The molecule has 0 aliphatic carbocycles. The van der Waals surface area contributed by atoms with Crippen LogP contribution in [0.15, 0.2) is 0 Å². The minimum Gasteiger partial charge on any atom is -0.480 e. The van der Waals surface area contributed by atoms with Crippen molar-refractivity contribution in [3.63, 3.8) is 0 Å². The smallest absolute Gasteiger partial charge is 0.389 e. The van der Waals surface area contributed by atoms with Crippen LogP contribution in [0, 0.1) is 0 Å². The maximum Gasteiger partial charge on any atom is 0.389 e. The van der Waals surface area contributed by atoms with Crippen molar-refractivity contribution in [3.8, 4) is 0 Å². The van der Waals surface area contributed by atoms with Gasteiger partial charge < -0.3 is 9.84 Å². The second-order valence-corrected chi connectivity index (χ2v) is 6.17. The molecule has 2 N–H and O–H groups in total. The number of ether oxygens (including phenoxy) is 1. The van der Waals surface area contributed by atoms with Crippen LogP contribution < -0.4 is 4.72 Å². The molecule has 0 aromatic heterocycles. The van der Waals surface area contributed by atoms with E-state index < -0.39 is 46.3 Å². The Bertz CT molecular complexity index is 428. The van der Waals surface area contributed by atoms with E-state index in [1.165, 1.54) is 0 Å². The van der Waals surface area contributed by atoms with E-state index in [4.69, 9.17) is 9.84 Å². The number of aliphatic carboxylic acids is 1. The van der Waals surface area contributed by atoms with Gasteiger partial charge in [0, 0.05) is 19.4 Å². The van der Waals surface area contributed by atoms with Gasteiger partial charge in [0.15, 0.2) is 5.54 Å². The second-order valence-electron chi connectivity index (χ2n) is 4.33. The minimum absolute atomic E-state index is 0.0547. The van der Waals surface area contributed by atoms with Crippen molar-refractivity contribution in [2.45, 2.75) is 31.0 Å². The normalized spacial score (nSPS) is 24.6. The minimum atomic E-state index is -4.43. The van der Waals surface area contributed by atoms with Crippen molar-refractivity contribution in [2.75, 3.05) is 19.0 Å². The highest BCUT2D eigenvalue weighted by atomic mass is 32.2. The zero-order chi connectivity index (χ0) is 14.7. The van der Waals surface area contributed by atoms with Crippen molar-refractivity contribution in [2.24, 2.45) is 0 Å². The molecule has 0 radical (unpaired) electrons. The number of carbonyl (C=O) groups is 1. The van der Waals surface area contributed by atoms with Crippen molar-refractivity contribution in [3.05, 3.63) is 0 Å². The Morgan fingerprint density at radius 1 is 1.42 bits per heavy atom. The summed E-state index contributed by atoms with van der Waals surface area (Å²) in [5.41, 5.74) is -1.77.